The summed E-state index contributed by atoms with van der Waals surface area (Å²) in [6.45, 7) is 3.47. The maximum atomic E-state index is 12.3. The number of ketones is 1. The summed E-state index contributed by atoms with van der Waals surface area (Å²) in [4.78, 5) is 11.9. The standard InChI is InChI=1S/C12H14ClNO3S/c1-8(2)14-7-11(15)12(18(14,16)17)9-3-5-10(13)6-4-9/h3-6,8,12H,7H2,1-2H3. The highest BCUT2D eigenvalue weighted by Crippen LogP contribution is 2.34. The molecule has 4 nitrogen and oxygen atoms in total. The van der Waals surface area contributed by atoms with Gasteiger partial charge in [-0.05, 0) is 31.5 Å². The number of halogens is 1. The molecule has 0 N–H and O–H groups in total. The number of hydrogen-bond donors (Lipinski definition) is 0. The van der Waals surface area contributed by atoms with Crippen molar-refractivity contribution in [2.75, 3.05) is 6.54 Å². The predicted molar refractivity (Wildman–Crippen MR) is 70.0 cm³/mol. The van der Waals surface area contributed by atoms with E-state index < -0.39 is 15.3 Å². The van der Waals surface area contributed by atoms with Crippen LogP contribution in [0.15, 0.2) is 24.3 Å². The molecule has 6 heteroatoms. The second kappa shape index (κ2) is 4.64. The Labute approximate surface area is 112 Å². The van der Waals surface area contributed by atoms with Crippen molar-refractivity contribution < 1.29 is 13.2 Å². The SMILES string of the molecule is CC(C)N1CC(=O)C(c2ccc(Cl)cc2)S1(=O)=O. The summed E-state index contributed by atoms with van der Waals surface area (Å²) in [6, 6.07) is 6.16. The summed E-state index contributed by atoms with van der Waals surface area (Å²) in [6.07, 6.45) is 0. The number of nitrogens with zero attached hydrogens (tertiary/aromatic N) is 1. The van der Waals surface area contributed by atoms with Crippen LogP contribution in [0.5, 0.6) is 0 Å². The third-order valence-corrected chi connectivity index (χ3v) is 5.56. The van der Waals surface area contributed by atoms with Crippen molar-refractivity contribution in [1.29, 1.82) is 0 Å². The zero-order valence-corrected chi connectivity index (χ0v) is 11.7. The van der Waals surface area contributed by atoms with Crippen LogP contribution in [0, 0.1) is 0 Å². The molecular formula is C12H14ClNO3S. The van der Waals surface area contributed by atoms with Gasteiger partial charge in [-0.1, -0.05) is 23.7 Å². The lowest BCUT2D eigenvalue weighted by atomic mass is 10.1. The van der Waals surface area contributed by atoms with Gasteiger partial charge in [0.2, 0.25) is 10.0 Å². The highest BCUT2D eigenvalue weighted by atomic mass is 35.5. The lowest BCUT2D eigenvalue weighted by molar-refractivity contribution is -0.118. The fraction of sp³-hybridized carbons (Fsp3) is 0.417. The topological polar surface area (TPSA) is 54.5 Å². The van der Waals surface area contributed by atoms with Crippen molar-refractivity contribution in [2.45, 2.75) is 25.1 Å². The average Bonchev–Trinajstić information content (AvgIpc) is 2.51. The summed E-state index contributed by atoms with van der Waals surface area (Å²) in [5.41, 5.74) is 0.479. The molecule has 2 rings (SSSR count). The Hall–Kier alpha value is -0.910. The number of carbonyl (C=O) groups excluding carboxylic acids is 1. The molecule has 1 fully saturated rings. The molecule has 1 saturated heterocycles. The van der Waals surface area contributed by atoms with Gasteiger partial charge in [-0.25, -0.2) is 8.42 Å². The molecule has 1 aromatic rings. The maximum absolute atomic E-state index is 12.3. The van der Waals surface area contributed by atoms with Crippen molar-refractivity contribution in [3.8, 4) is 0 Å². The molecule has 18 heavy (non-hydrogen) atoms. The van der Waals surface area contributed by atoms with Crippen LogP contribution in [0.1, 0.15) is 24.7 Å². The van der Waals surface area contributed by atoms with Gasteiger partial charge >= 0.3 is 0 Å². The predicted octanol–water partition coefficient (Wildman–Crippen LogP) is 2.00. The second-order valence-corrected chi connectivity index (χ2v) is 6.99. The van der Waals surface area contributed by atoms with E-state index in [-0.39, 0.29) is 18.4 Å². The lowest BCUT2D eigenvalue weighted by Crippen LogP contribution is -2.33. The number of Topliss-reactive ketones (excluding diaryl/α,β-unsaturated/α-hetero) is 1. The van der Waals surface area contributed by atoms with Gasteiger partial charge in [-0.3, -0.25) is 4.79 Å². The first-order valence-electron chi connectivity index (χ1n) is 5.63. The van der Waals surface area contributed by atoms with Gasteiger partial charge in [0.25, 0.3) is 0 Å². The fourth-order valence-corrected chi connectivity index (χ4v) is 4.30. The number of carbonyl (C=O) groups is 1. The van der Waals surface area contributed by atoms with Crippen LogP contribution < -0.4 is 0 Å². The van der Waals surface area contributed by atoms with Gasteiger partial charge in [-0.2, -0.15) is 4.31 Å². The Bertz CT molecular complexity index is 565. The van der Waals surface area contributed by atoms with E-state index in [4.69, 9.17) is 11.6 Å². The molecule has 0 spiro atoms. The van der Waals surface area contributed by atoms with Crippen LogP contribution in [0.4, 0.5) is 0 Å². The van der Waals surface area contributed by atoms with E-state index in [1.807, 2.05) is 0 Å². The van der Waals surface area contributed by atoms with Crippen LogP contribution in [0.25, 0.3) is 0 Å². The zero-order chi connectivity index (χ0) is 13.5. The molecular weight excluding hydrogens is 274 g/mol. The van der Waals surface area contributed by atoms with E-state index in [9.17, 15) is 13.2 Å². The highest BCUT2D eigenvalue weighted by Gasteiger charge is 2.47. The minimum atomic E-state index is -3.60. The van der Waals surface area contributed by atoms with Gasteiger partial charge in [-0.15, -0.1) is 0 Å². The van der Waals surface area contributed by atoms with Gasteiger partial charge in [0.1, 0.15) is 0 Å². The molecule has 0 amide bonds. The largest absolute Gasteiger partial charge is 0.296 e. The summed E-state index contributed by atoms with van der Waals surface area (Å²) >= 11 is 5.76. The number of hydrogen-bond acceptors (Lipinski definition) is 3. The van der Waals surface area contributed by atoms with E-state index in [2.05, 4.69) is 0 Å². The maximum Gasteiger partial charge on any atom is 0.229 e. The number of benzene rings is 1. The molecule has 1 aromatic carbocycles. The van der Waals surface area contributed by atoms with E-state index in [0.717, 1.165) is 0 Å². The van der Waals surface area contributed by atoms with Gasteiger partial charge in [0, 0.05) is 11.1 Å². The van der Waals surface area contributed by atoms with Gasteiger partial charge < -0.3 is 0 Å². The molecule has 0 saturated carbocycles. The van der Waals surface area contributed by atoms with Crippen LogP contribution in [0.2, 0.25) is 5.02 Å². The highest BCUT2D eigenvalue weighted by molar-refractivity contribution is 7.90. The molecule has 1 atom stereocenters. The van der Waals surface area contributed by atoms with Crippen molar-refractivity contribution in [3.63, 3.8) is 0 Å². The molecule has 1 heterocycles. The second-order valence-electron chi connectivity index (χ2n) is 4.58. The van der Waals surface area contributed by atoms with E-state index in [0.29, 0.717) is 10.6 Å². The minimum absolute atomic E-state index is 0.0483. The van der Waals surface area contributed by atoms with Crippen molar-refractivity contribution in [1.82, 2.24) is 4.31 Å². The first kappa shape index (κ1) is 13.5. The molecule has 1 aliphatic heterocycles. The molecule has 1 aliphatic rings. The average molecular weight is 288 g/mol. The third-order valence-electron chi connectivity index (χ3n) is 2.98. The Morgan fingerprint density at radius 3 is 2.28 bits per heavy atom. The summed E-state index contributed by atoms with van der Waals surface area (Å²) in [7, 11) is -3.60. The normalized spacial score (nSPS) is 23.8. The monoisotopic (exact) mass is 287 g/mol. The van der Waals surface area contributed by atoms with E-state index in [1.54, 1.807) is 38.1 Å². The molecule has 98 valence electrons. The van der Waals surface area contributed by atoms with Crippen LogP contribution in [-0.2, 0) is 14.8 Å². The van der Waals surface area contributed by atoms with E-state index >= 15 is 0 Å². The molecule has 0 aromatic heterocycles. The van der Waals surface area contributed by atoms with Gasteiger partial charge in [0.05, 0.1) is 6.54 Å². The first-order valence-corrected chi connectivity index (χ1v) is 7.51. The fourth-order valence-electron chi connectivity index (χ4n) is 2.10. The van der Waals surface area contributed by atoms with Gasteiger partial charge in [0.15, 0.2) is 11.0 Å². The Morgan fingerprint density at radius 2 is 1.83 bits per heavy atom. The van der Waals surface area contributed by atoms with Crippen LogP contribution in [-0.4, -0.2) is 31.1 Å². The summed E-state index contributed by atoms with van der Waals surface area (Å²) in [5.74, 6) is -0.286. The Balaban J connectivity index is 2.45. The van der Waals surface area contributed by atoms with Crippen molar-refractivity contribution >= 4 is 27.4 Å². The molecule has 0 radical (unpaired) electrons. The summed E-state index contributed by atoms with van der Waals surface area (Å²) in [5, 5.41) is -0.570. The zero-order valence-electron chi connectivity index (χ0n) is 10.1. The van der Waals surface area contributed by atoms with Crippen molar-refractivity contribution in [3.05, 3.63) is 34.9 Å². The van der Waals surface area contributed by atoms with E-state index in [1.165, 1.54) is 4.31 Å². The number of rotatable bonds is 2. The first-order chi connectivity index (χ1) is 8.34. The third kappa shape index (κ3) is 2.18. The van der Waals surface area contributed by atoms with Crippen LogP contribution >= 0.6 is 11.6 Å². The summed E-state index contributed by atoms with van der Waals surface area (Å²) < 4.78 is 25.8. The minimum Gasteiger partial charge on any atom is -0.296 e. The smallest absolute Gasteiger partial charge is 0.229 e. The Kier molecular flexibility index (Phi) is 3.49. The quantitative estimate of drug-likeness (QED) is 0.836. The molecule has 0 aliphatic carbocycles. The molecule has 0 bridgehead atoms. The van der Waals surface area contributed by atoms with Crippen LogP contribution in [0.3, 0.4) is 0 Å². The lowest BCUT2D eigenvalue weighted by Gasteiger charge is -2.19. The Morgan fingerprint density at radius 1 is 1.28 bits per heavy atom. The van der Waals surface area contributed by atoms with Crippen molar-refractivity contribution in [2.24, 2.45) is 0 Å². The number of sulfonamides is 1. The molecule has 1 unspecified atom stereocenters.